The summed E-state index contributed by atoms with van der Waals surface area (Å²) >= 11 is 5.91. The highest BCUT2D eigenvalue weighted by molar-refractivity contribution is 6.30. The van der Waals surface area contributed by atoms with Gasteiger partial charge in [-0.25, -0.2) is 9.97 Å². The van der Waals surface area contributed by atoms with E-state index >= 15 is 0 Å². The second-order valence-corrected chi connectivity index (χ2v) is 6.42. The number of amides is 1. The van der Waals surface area contributed by atoms with Gasteiger partial charge in [0.25, 0.3) is 5.91 Å². The SMILES string of the molecule is O=C(Nc1cc(Cl)ccn1)c1cn2cc(-c3cccc(CO)c3)ccc2n1. The minimum absolute atomic E-state index is 0.0109. The number of carbonyl (C=O) groups is 1. The topological polar surface area (TPSA) is 79.5 Å². The number of benzene rings is 1. The van der Waals surface area contributed by atoms with Crippen molar-refractivity contribution in [2.45, 2.75) is 6.61 Å². The number of nitrogens with one attached hydrogen (secondary N) is 1. The molecule has 134 valence electrons. The minimum Gasteiger partial charge on any atom is -0.392 e. The van der Waals surface area contributed by atoms with E-state index in [2.05, 4.69) is 15.3 Å². The molecule has 0 aliphatic rings. The Hall–Kier alpha value is -3.22. The lowest BCUT2D eigenvalue weighted by atomic mass is 10.1. The Balaban J connectivity index is 1.63. The highest BCUT2D eigenvalue weighted by atomic mass is 35.5. The molecular weight excluding hydrogens is 364 g/mol. The van der Waals surface area contributed by atoms with Gasteiger partial charge in [0.05, 0.1) is 6.61 Å². The molecule has 6 nitrogen and oxygen atoms in total. The number of aliphatic hydroxyl groups excluding tert-OH is 1. The van der Waals surface area contributed by atoms with Gasteiger partial charge >= 0.3 is 0 Å². The Kier molecular flexibility index (Phi) is 4.58. The third-order valence-corrected chi connectivity index (χ3v) is 4.33. The second kappa shape index (κ2) is 7.19. The van der Waals surface area contributed by atoms with Crippen LogP contribution in [0.2, 0.25) is 5.02 Å². The summed E-state index contributed by atoms with van der Waals surface area (Å²) in [5, 5.41) is 12.5. The van der Waals surface area contributed by atoms with Crippen LogP contribution in [-0.4, -0.2) is 25.4 Å². The first-order chi connectivity index (χ1) is 13.1. The Morgan fingerprint density at radius 2 is 2.00 bits per heavy atom. The summed E-state index contributed by atoms with van der Waals surface area (Å²) in [5.41, 5.74) is 3.71. The largest absolute Gasteiger partial charge is 0.392 e. The first kappa shape index (κ1) is 17.2. The average molecular weight is 379 g/mol. The van der Waals surface area contributed by atoms with E-state index in [4.69, 9.17) is 11.6 Å². The van der Waals surface area contributed by atoms with Crippen LogP contribution in [0.15, 0.2) is 67.1 Å². The molecule has 0 atom stereocenters. The lowest BCUT2D eigenvalue weighted by Crippen LogP contribution is -2.13. The van der Waals surface area contributed by atoms with E-state index in [0.29, 0.717) is 16.5 Å². The van der Waals surface area contributed by atoms with Crippen molar-refractivity contribution in [2.24, 2.45) is 0 Å². The smallest absolute Gasteiger partial charge is 0.277 e. The van der Waals surface area contributed by atoms with Gasteiger partial charge in [-0.3, -0.25) is 4.79 Å². The fourth-order valence-electron chi connectivity index (χ4n) is 2.77. The van der Waals surface area contributed by atoms with Crippen LogP contribution < -0.4 is 5.32 Å². The molecule has 0 saturated heterocycles. The summed E-state index contributed by atoms with van der Waals surface area (Å²) in [5.74, 6) is 0.00311. The molecule has 0 bridgehead atoms. The van der Waals surface area contributed by atoms with E-state index in [9.17, 15) is 9.90 Å². The van der Waals surface area contributed by atoms with Crippen LogP contribution in [0.1, 0.15) is 16.1 Å². The van der Waals surface area contributed by atoms with Crippen LogP contribution in [0.25, 0.3) is 16.8 Å². The molecule has 2 N–H and O–H groups in total. The molecule has 1 amide bonds. The van der Waals surface area contributed by atoms with E-state index in [1.54, 1.807) is 22.7 Å². The van der Waals surface area contributed by atoms with Gasteiger partial charge in [0.1, 0.15) is 17.2 Å². The fourth-order valence-corrected chi connectivity index (χ4v) is 2.93. The Bertz CT molecular complexity index is 1140. The zero-order valence-corrected chi connectivity index (χ0v) is 14.9. The molecule has 0 radical (unpaired) electrons. The molecule has 0 aliphatic carbocycles. The predicted molar refractivity (Wildman–Crippen MR) is 104 cm³/mol. The van der Waals surface area contributed by atoms with Gasteiger partial charge in [-0.15, -0.1) is 0 Å². The Morgan fingerprint density at radius 3 is 2.81 bits per heavy atom. The lowest BCUT2D eigenvalue weighted by molar-refractivity contribution is 0.102. The van der Waals surface area contributed by atoms with Gasteiger partial charge in [-0.2, -0.15) is 0 Å². The van der Waals surface area contributed by atoms with E-state index < -0.39 is 0 Å². The summed E-state index contributed by atoms with van der Waals surface area (Å²) in [6.07, 6.45) is 5.08. The molecular formula is C20H15ClN4O2. The maximum absolute atomic E-state index is 12.4. The number of anilines is 1. The standard InChI is InChI=1S/C20H15ClN4O2/c21-16-6-7-22-18(9-16)24-20(27)17-11-25-10-15(4-5-19(25)23-17)14-3-1-2-13(8-14)12-26/h1-11,26H,12H2,(H,22,24,27). The summed E-state index contributed by atoms with van der Waals surface area (Å²) in [6, 6.07) is 14.6. The van der Waals surface area contributed by atoms with Crippen molar-refractivity contribution in [3.8, 4) is 11.1 Å². The van der Waals surface area contributed by atoms with Gasteiger partial charge in [0.15, 0.2) is 0 Å². The molecule has 0 aliphatic heterocycles. The van der Waals surface area contributed by atoms with Crippen molar-refractivity contribution in [1.82, 2.24) is 14.4 Å². The zero-order chi connectivity index (χ0) is 18.8. The molecule has 4 aromatic rings. The number of nitrogens with zero attached hydrogens (tertiary/aromatic N) is 3. The number of aromatic nitrogens is 3. The molecule has 0 fully saturated rings. The first-order valence-corrected chi connectivity index (χ1v) is 8.62. The zero-order valence-electron chi connectivity index (χ0n) is 14.1. The van der Waals surface area contributed by atoms with Crippen molar-refractivity contribution in [3.05, 3.63) is 83.4 Å². The maximum Gasteiger partial charge on any atom is 0.277 e. The number of pyridine rings is 2. The summed E-state index contributed by atoms with van der Waals surface area (Å²) in [7, 11) is 0. The van der Waals surface area contributed by atoms with Gasteiger partial charge in [-0.05, 0) is 47.0 Å². The van der Waals surface area contributed by atoms with Crippen LogP contribution >= 0.6 is 11.6 Å². The van der Waals surface area contributed by atoms with Crippen LogP contribution in [0, 0.1) is 0 Å². The quantitative estimate of drug-likeness (QED) is 0.566. The second-order valence-electron chi connectivity index (χ2n) is 5.98. The molecule has 0 unspecified atom stereocenters. The molecule has 0 spiro atoms. The van der Waals surface area contributed by atoms with E-state index in [0.717, 1.165) is 16.7 Å². The molecule has 4 rings (SSSR count). The number of rotatable bonds is 4. The number of imidazole rings is 1. The normalized spacial score (nSPS) is 10.9. The van der Waals surface area contributed by atoms with Crippen molar-refractivity contribution in [1.29, 1.82) is 0 Å². The fraction of sp³-hybridized carbons (Fsp3) is 0.0500. The highest BCUT2D eigenvalue weighted by Crippen LogP contribution is 2.22. The van der Waals surface area contributed by atoms with Crippen LogP contribution in [-0.2, 0) is 6.61 Å². The maximum atomic E-state index is 12.4. The lowest BCUT2D eigenvalue weighted by Gasteiger charge is -2.04. The van der Waals surface area contributed by atoms with Crippen LogP contribution in [0.3, 0.4) is 0 Å². The predicted octanol–water partition coefficient (Wildman–Crippen LogP) is 3.79. The van der Waals surface area contributed by atoms with E-state index in [-0.39, 0.29) is 18.2 Å². The number of fused-ring (bicyclic) bond motifs is 1. The minimum atomic E-state index is -0.364. The summed E-state index contributed by atoms with van der Waals surface area (Å²) < 4.78 is 1.79. The van der Waals surface area contributed by atoms with E-state index in [1.165, 1.54) is 6.20 Å². The molecule has 1 aromatic carbocycles. The number of aliphatic hydroxyl groups is 1. The first-order valence-electron chi connectivity index (χ1n) is 8.24. The van der Waals surface area contributed by atoms with Gasteiger partial charge < -0.3 is 14.8 Å². The number of carbonyl (C=O) groups excluding carboxylic acids is 1. The molecule has 0 saturated carbocycles. The number of hydrogen-bond donors (Lipinski definition) is 2. The number of hydrogen-bond acceptors (Lipinski definition) is 4. The van der Waals surface area contributed by atoms with Crippen LogP contribution in [0.4, 0.5) is 5.82 Å². The van der Waals surface area contributed by atoms with Crippen LogP contribution in [0.5, 0.6) is 0 Å². The van der Waals surface area contributed by atoms with Crippen molar-refractivity contribution in [3.63, 3.8) is 0 Å². The third-order valence-electron chi connectivity index (χ3n) is 4.09. The summed E-state index contributed by atoms with van der Waals surface area (Å²) in [6.45, 7) is -0.0109. The number of halogens is 1. The van der Waals surface area contributed by atoms with Gasteiger partial charge in [0.2, 0.25) is 0 Å². The highest BCUT2D eigenvalue weighted by Gasteiger charge is 2.12. The van der Waals surface area contributed by atoms with Gasteiger partial charge in [-0.1, -0.05) is 29.8 Å². The Labute approximate surface area is 160 Å². The van der Waals surface area contributed by atoms with Crippen molar-refractivity contribution >= 4 is 29.0 Å². The average Bonchev–Trinajstić information content (AvgIpc) is 3.11. The van der Waals surface area contributed by atoms with Crippen molar-refractivity contribution < 1.29 is 9.90 Å². The van der Waals surface area contributed by atoms with Gasteiger partial charge in [0, 0.05) is 23.6 Å². The summed E-state index contributed by atoms with van der Waals surface area (Å²) in [4.78, 5) is 20.8. The van der Waals surface area contributed by atoms with Crippen molar-refractivity contribution in [2.75, 3.05) is 5.32 Å². The molecule has 27 heavy (non-hydrogen) atoms. The molecule has 3 heterocycles. The molecule has 3 aromatic heterocycles. The van der Waals surface area contributed by atoms with E-state index in [1.807, 2.05) is 42.6 Å². The molecule has 7 heteroatoms. The monoisotopic (exact) mass is 378 g/mol. The Morgan fingerprint density at radius 1 is 1.11 bits per heavy atom. The third kappa shape index (κ3) is 3.67.